The van der Waals surface area contributed by atoms with E-state index in [4.69, 9.17) is 9.47 Å². The van der Waals surface area contributed by atoms with Crippen LogP contribution in [0.1, 0.15) is 129 Å². The van der Waals surface area contributed by atoms with Crippen LogP contribution in [0.25, 0.3) is 0 Å². The largest absolute Gasteiger partial charge is 0.469 e. The van der Waals surface area contributed by atoms with Gasteiger partial charge in [-0.1, -0.05) is 77.1 Å². The van der Waals surface area contributed by atoms with Crippen LogP contribution >= 0.6 is 0 Å². The summed E-state index contributed by atoms with van der Waals surface area (Å²) in [4.78, 5) is 22.4. The number of rotatable bonds is 22. The Kier molecular flexibility index (Phi) is 23.9. The zero-order valence-electron chi connectivity index (χ0n) is 21.8. The average molecular weight is 467 g/mol. The van der Waals surface area contributed by atoms with Crippen molar-refractivity contribution in [3.05, 3.63) is 0 Å². The van der Waals surface area contributed by atoms with E-state index in [9.17, 15) is 9.59 Å². The van der Waals surface area contributed by atoms with Crippen LogP contribution < -0.4 is 0 Å². The predicted molar refractivity (Wildman–Crippen MR) is 135 cm³/mol. The first-order valence-corrected chi connectivity index (χ1v) is 13.4. The zero-order valence-corrected chi connectivity index (χ0v) is 21.8. The van der Waals surface area contributed by atoms with Gasteiger partial charge in [-0.2, -0.15) is 0 Å². The number of carbonyl (C=O) groups is 2. The first-order valence-electron chi connectivity index (χ1n) is 13.4. The normalized spacial score (nSPS) is 11.5. The van der Waals surface area contributed by atoms with E-state index in [0.29, 0.717) is 19.4 Å². The van der Waals surface area contributed by atoms with E-state index in [2.05, 4.69) is 23.5 Å². The van der Waals surface area contributed by atoms with Crippen LogP contribution in [0.3, 0.4) is 0 Å². The Morgan fingerprint density at radius 1 is 0.667 bits per heavy atom. The summed E-state index contributed by atoms with van der Waals surface area (Å²) in [6.07, 6.45) is 20.3. The molecule has 192 valence electrons. The van der Waals surface area contributed by atoms with E-state index in [0.717, 1.165) is 51.4 Å². The molecule has 0 aliphatic rings. The molecule has 0 bridgehead atoms. The summed E-state index contributed by atoms with van der Waals surface area (Å²) in [6.45, 7) is 2.91. The maximum atomic E-state index is 11.3. The van der Waals surface area contributed by atoms with Crippen LogP contribution in [0.5, 0.6) is 0 Å². The third kappa shape index (κ3) is 23.4. The molecular formula is C28H50O5. The topological polar surface area (TPSA) is 61.8 Å². The summed E-state index contributed by atoms with van der Waals surface area (Å²) in [5, 5.41) is 0. The molecule has 0 fully saturated rings. The second-order valence-corrected chi connectivity index (χ2v) is 8.82. The molecule has 0 aliphatic carbocycles. The van der Waals surface area contributed by atoms with Gasteiger partial charge in [0.05, 0.1) is 14.2 Å². The lowest BCUT2D eigenvalue weighted by Crippen LogP contribution is -2.12. The smallest absolute Gasteiger partial charge is 0.305 e. The van der Waals surface area contributed by atoms with Gasteiger partial charge in [-0.25, -0.2) is 0 Å². The summed E-state index contributed by atoms with van der Waals surface area (Å²) in [5.74, 6) is 6.31. The van der Waals surface area contributed by atoms with E-state index in [1.165, 1.54) is 72.0 Å². The number of hydrogen-bond donors (Lipinski definition) is 0. The molecule has 0 heterocycles. The average Bonchev–Trinajstić information content (AvgIpc) is 2.83. The summed E-state index contributed by atoms with van der Waals surface area (Å²) in [5.41, 5.74) is 0. The number of ether oxygens (including phenoxy) is 3. The molecule has 0 radical (unpaired) electrons. The molecule has 5 heteroatoms. The Labute approximate surface area is 203 Å². The number of esters is 2. The molecule has 0 saturated carbocycles. The maximum absolute atomic E-state index is 11.3. The number of methoxy groups -OCH3 is 2. The molecule has 0 N–H and O–H groups in total. The van der Waals surface area contributed by atoms with E-state index in [1.54, 1.807) is 0 Å². The lowest BCUT2D eigenvalue weighted by Gasteiger charge is -2.12. The quantitative estimate of drug-likeness (QED) is 0.0962. The van der Waals surface area contributed by atoms with Crippen LogP contribution in [0.4, 0.5) is 0 Å². The van der Waals surface area contributed by atoms with Crippen molar-refractivity contribution in [2.45, 2.75) is 135 Å². The van der Waals surface area contributed by atoms with Crippen molar-refractivity contribution in [3.8, 4) is 11.8 Å². The lowest BCUT2D eigenvalue weighted by atomic mass is 10.1. The highest BCUT2D eigenvalue weighted by atomic mass is 16.5. The minimum atomic E-state index is -0.162. The van der Waals surface area contributed by atoms with E-state index in [-0.39, 0.29) is 18.0 Å². The third-order valence-corrected chi connectivity index (χ3v) is 5.82. The van der Waals surface area contributed by atoms with Crippen molar-refractivity contribution in [1.29, 1.82) is 0 Å². The van der Waals surface area contributed by atoms with Crippen LogP contribution in [0.15, 0.2) is 0 Å². The van der Waals surface area contributed by atoms with Gasteiger partial charge in [-0.3, -0.25) is 9.59 Å². The van der Waals surface area contributed by atoms with Crippen molar-refractivity contribution >= 4 is 11.9 Å². The molecule has 0 aliphatic heterocycles. The Hall–Kier alpha value is -1.54. The first-order chi connectivity index (χ1) is 16.1. The molecule has 0 aromatic carbocycles. The fourth-order valence-electron chi connectivity index (χ4n) is 3.66. The molecule has 0 amide bonds. The molecule has 0 aromatic heterocycles. The Balaban J connectivity index is 4.02. The number of carbonyl (C=O) groups excluding carboxylic acids is 2. The lowest BCUT2D eigenvalue weighted by molar-refractivity contribution is -0.141. The first kappa shape index (κ1) is 31.5. The zero-order chi connectivity index (χ0) is 24.4. The molecule has 1 atom stereocenters. The fraction of sp³-hybridized carbons (Fsp3) is 0.857. The van der Waals surface area contributed by atoms with Gasteiger partial charge in [0.15, 0.2) is 0 Å². The van der Waals surface area contributed by atoms with Crippen molar-refractivity contribution in [1.82, 2.24) is 0 Å². The van der Waals surface area contributed by atoms with E-state index < -0.39 is 0 Å². The van der Waals surface area contributed by atoms with Crippen LogP contribution in [-0.2, 0) is 23.8 Å². The summed E-state index contributed by atoms with van der Waals surface area (Å²) in [7, 11) is 2.85. The predicted octanol–water partition coefficient (Wildman–Crippen LogP) is 7.15. The summed E-state index contributed by atoms with van der Waals surface area (Å²) >= 11 is 0. The molecule has 0 rings (SSSR count). The van der Waals surface area contributed by atoms with Crippen molar-refractivity contribution in [2.75, 3.05) is 20.8 Å². The highest BCUT2D eigenvalue weighted by Crippen LogP contribution is 2.12. The van der Waals surface area contributed by atoms with Gasteiger partial charge in [-0.05, 0) is 38.5 Å². The van der Waals surface area contributed by atoms with Crippen molar-refractivity contribution in [2.24, 2.45) is 0 Å². The summed E-state index contributed by atoms with van der Waals surface area (Å²) in [6, 6.07) is 0. The SMILES string of the molecule is CCCCCCCCCCCCC#CC(CCCCC(=O)OC)OCCCCCC(=O)OC. The molecule has 0 aromatic rings. The van der Waals surface area contributed by atoms with Gasteiger partial charge in [0.1, 0.15) is 6.10 Å². The van der Waals surface area contributed by atoms with Gasteiger partial charge < -0.3 is 14.2 Å². The van der Waals surface area contributed by atoms with Crippen LogP contribution in [-0.4, -0.2) is 38.9 Å². The molecule has 5 nitrogen and oxygen atoms in total. The van der Waals surface area contributed by atoms with Gasteiger partial charge in [-0.15, -0.1) is 5.92 Å². The van der Waals surface area contributed by atoms with Crippen molar-refractivity contribution < 1.29 is 23.8 Å². The van der Waals surface area contributed by atoms with Crippen molar-refractivity contribution in [3.63, 3.8) is 0 Å². The Morgan fingerprint density at radius 3 is 1.76 bits per heavy atom. The van der Waals surface area contributed by atoms with Gasteiger partial charge in [0, 0.05) is 25.9 Å². The molecule has 0 saturated heterocycles. The fourth-order valence-corrected chi connectivity index (χ4v) is 3.66. The van der Waals surface area contributed by atoms with E-state index >= 15 is 0 Å². The maximum Gasteiger partial charge on any atom is 0.305 e. The standard InChI is InChI=1S/C28H50O5/c1-4-5-6-7-8-9-10-11-12-13-14-16-21-26(22-18-19-24-28(30)32-3)33-25-20-15-17-23-27(29)31-2/h26H,4-15,17-20,22-25H2,1-3H3. The molecule has 33 heavy (non-hydrogen) atoms. The highest BCUT2D eigenvalue weighted by Gasteiger charge is 2.07. The highest BCUT2D eigenvalue weighted by molar-refractivity contribution is 5.69. The summed E-state index contributed by atoms with van der Waals surface area (Å²) < 4.78 is 15.4. The third-order valence-electron chi connectivity index (χ3n) is 5.82. The van der Waals surface area contributed by atoms with Gasteiger partial charge in [0.25, 0.3) is 0 Å². The second kappa shape index (κ2) is 25.1. The van der Waals surface area contributed by atoms with E-state index in [1.807, 2.05) is 0 Å². The van der Waals surface area contributed by atoms with Crippen LogP contribution in [0, 0.1) is 11.8 Å². The number of unbranched alkanes of at least 4 members (excludes halogenated alkanes) is 13. The second-order valence-electron chi connectivity index (χ2n) is 8.82. The van der Waals surface area contributed by atoms with Crippen LogP contribution in [0.2, 0.25) is 0 Å². The minimum absolute atomic E-state index is 0.0774. The van der Waals surface area contributed by atoms with Gasteiger partial charge >= 0.3 is 11.9 Å². The Bertz CT molecular complexity index is 520. The monoisotopic (exact) mass is 466 g/mol. The van der Waals surface area contributed by atoms with Gasteiger partial charge in [0.2, 0.25) is 0 Å². The Morgan fingerprint density at radius 2 is 1.18 bits per heavy atom. The molecule has 0 spiro atoms. The molecule has 1 unspecified atom stereocenters. The molecular weight excluding hydrogens is 416 g/mol. The minimum Gasteiger partial charge on any atom is -0.469 e. The number of hydrogen-bond acceptors (Lipinski definition) is 5.